The topological polar surface area (TPSA) is 55.1 Å². The monoisotopic (exact) mass is 278 g/mol. The summed E-state index contributed by atoms with van der Waals surface area (Å²) in [6.07, 6.45) is 1.94. The van der Waals surface area contributed by atoms with Crippen molar-refractivity contribution in [1.82, 2.24) is 10.5 Å². The molecule has 0 aromatic carbocycles. The largest absolute Gasteiger partial charge is 0.361 e. The van der Waals surface area contributed by atoms with Crippen molar-refractivity contribution in [3.63, 3.8) is 0 Å². The molecule has 0 spiro atoms. The molecule has 0 aliphatic carbocycles. The third-order valence-electron chi connectivity index (χ3n) is 3.03. The first kappa shape index (κ1) is 13.8. The van der Waals surface area contributed by atoms with Gasteiger partial charge in [0.2, 0.25) is 0 Å². The van der Waals surface area contributed by atoms with Crippen LogP contribution in [0.1, 0.15) is 52.5 Å². The maximum absolute atomic E-state index is 12.3. The molecular formula is C14H18N2O2S. The fraction of sp³-hybridized carbons (Fsp3) is 0.429. The minimum atomic E-state index is -0.108. The van der Waals surface area contributed by atoms with Crippen LogP contribution in [0, 0.1) is 13.8 Å². The number of rotatable bonds is 5. The zero-order valence-electron chi connectivity index (χ0n) is 11.4. The Hall–Kier alpha value is -1.62. The fourth-order valence-electron chi connectivity index (χ4n) is 2.10. The molecule has 1 atom stereocenters. The molecule has 0 saturated heterocycles. The van der Waals surface area contributed by atoms with E-state index in [1.807, 2.05) is 11.4 Å². The average Bonchev–Trinajstić information content (AvgIpc) is 2.99. The van der Waals surface area contributed by atoms with E-state index in [2.05, 4.69) is 23.5 Å². The van der Waals surface area contributed by atoms with Gasteiger partial charge in [0.1, 0.15) is 11.3 Å². The zero-order chi connectivity index (χ0) is 13.8. The highest BCUT2D eigenvalue weighted by Crippen LogP contribution is 2.24. The van der Waals surface area contributed by atoms with Crippen LogP contribution in [0.15, 0.2) is 22.0 Å². The van der Waals surface area contributed by atoms with Crippen LogP contribution in [-0.4, -0.2) is 11.1 Å². The summed E-state index contributed by atoms with van der Waals surface area (Å²) in [5.41, 5.74) is 1.19. The molecule has 0 fully saturated rings. The molecule has 2 heterocycles. The molecule has 1 amide bonds. The van der Waals surface area contributed by atoms with Crippen molar-refractivity contribution in [3.8, 4) is 0 Å². The van der Waals surface area contributed by atoms with Crippen LogP contribution >= 0.6 is 11.3 Å². The summed E-state index contributed by atoms with van der Waals surface area (Å²) in [7, 11) is 0. The van der Waals surface area contributed by atoms with Gasteiger partial charge >= 0.3 is 0 Å². The Balaban J connectivity index is 2.16. The molecule has 1 N–H and O–H groups in total. The zero-order valence-corrected chi connectivity index (χ0v) is 12.2. The Morgan fingerprint density at radius 1 is 1.53 bits per heavy atom. The lowest BCUT2D eigenvalue weighted by atomic mass is 10.1. The third kappa shape index (κ3) is 3.04. The van der Waals surface area contributed by atoms with Crippen LogP contribution < -0.4 is 5.32 Å². The highest BCUT2D eigenvalue weighted by molar-refractivity contribution is 7.10. The van der Waals surface area contributed by atoms with E-state index in [1.54, 1.807) is 25.2 Å². The number of hydrogen-bond acceptors (Lipinski definition) is 4. The van der Waals surface area contributed by atoms with Gasteiger partial charge in [0.15, 0.2) is 0 Å². The van der Waals surface area contributed by atoms with E-state index in [0.717, 1.165) is 12.8 Å². The van der Waals surface area contributed by atoms with Gasteiger partial charge in [-0.25, -0.2) is 0 Å². The molecule has 0 saturated carbocycles. The molecule has 102 valence electrons. The van der Waals surface area contributed by atoms with Crippen LogP contribution in [-0.2, 0) is 0 Å². The first-order valence-electron chi connectivity index (χ1n) is 6.40. The van der Waals surface area contributed by atoms with E-state index in [-0.39, 0.29) is 11.9 Å². The maximum atomic E-state index is 12.3. The summed E-state index contributed by atoms with van der Waals surface area (Å²) >= 11 is 1.66. The van der Waals surface area contributed by atoms with Gasteiger partial charge in [0.05, 0.1) is 11.7 Å². The van der Waals surface area contributed by atoms with Gasteiger partial charge in [-0.3, -0.25) is 4.79 Å². The summed E-state index contributed by atoms with van der Waals surface area (Å²) in [5, 5.41) is 8.92. The smallest absolute Gasteiger partial charge is 0.257 e. The second-order valence-electron chi connectivity index (χ2n) is 4.53. The SMILES string of the molecule is CCCC(NC(=O)c1c(C)noc1C)c1cccs1. The first-order valence-corrected chi connectivity index (χ1v) is 7.28. The van der Waals surface area contributed by atoms with Crippen molar-refractivity contribution < 1.29 is 9.32 Å². The molecule has 0 aliphatic heterocycles. The lowest BCUT2D eigenvalue weighted by molar-refractivity contribution is 0.0933. The Bertz CT molecular complexity index is 526. The van der Waals surface area contributed by atoms with E-state index in [4.69, 9.17) is 4.52 Å². The van der Waals surface area contributed by atoms with E-state index in [9.17, 15) is 4.79 Å². The van der Waals surface area contributed by atoms with Crippen molar-refractivity contribution in [3.05, 3.63) is 39.4 Å². The number of nitrogens with zero attached hydrogens (tertiary/aromatic N) is 1. The Kier molecular flexibility index (Phi) is 4.37. The van der Waals surface area contributed by atoms with Gasteiger partial charge in [0.25, 0.3) is 5.91 Å². The molecule has 5 heteroatoms. The minimum absolute atomic E-state index is 0.0613. The molecule has 2 aromatic heterocycles. The third-order valence-corrected chi connectivity index (χ3v) is 4.02. The van der Waals surface area contributed by atoms with Crippen molar-refractivity contribution in [2.24, 2.45) is 0 Å². The summed E-state index contributed by atoms with van der Waals surface area (Å²) in [6, 6.07) is 4.12. The summed E-state index contributed by atoms with van der Waals surface area (Å²) in [5.74, 6) is 0.458. The molecule has 0 radical (unpaired) electrons. The fourth-order valence-corrected chi connectivity index (χ4v) is 2.91. The van der Waals surface area contributed by atoms with Crippen LogP contribution in [0.3, 0.4) is 0 Å². The van der Waals surface area contributed by atoms with Gasteiger partial charge in [0, 0.05) is 4.88 Å². The number of nitrogens with one attached hydrogen (secondary N) is 1. The summed E-state index contributed by atoms with van der Waals surface area (Å²) < 4.78 is 5.04. The van der Waals surface area contributed by atoms with Crippen LogP contribution in [0.25, 0.3) is 0 Å². The Morgan fingerprint density at radius 3 is 2.84 bits per heavy atom. The Morgan fingerprint density at radius 2 is 2.32 bits per heavy atom. The van der Waals surface area contributed by atoms with Crippen molar-refractivity contribution in [2.75, 3.05) is 0 Å². The molecule has 19 heavy (non-hydrogen) atoms. The number of hydrogen-bond donors (Lipinski definition) is 1. The molecule has 0 aliphatic rings. The predicted molar refractivity (Wildman–Crippen MR) is 75.4 cm³/mol. The van der Waals surface area contributed by atoms with Crippen LogP contribution in [0.2, 0.25) is 0 Å². The number of aryl methyl sites for hydroxylation is 2. The normalized spacial score (nSPS) is 12.4. The Labute approximate surface area is 116 Å². The highest BCUT2D eigenvalue weighted by Gasteiger charge is 2.21. The number of carbonyl (C=O) groups is 1. The van der Waals surface area contributed by atoms with E-state index in [0.29, 0.717) is 17.0 Å². The van der Waals surface area contributed by atoms with Crippen molar-refractivity contribution in [2.45, 2.75) is 39.7 Å². The second kappa shape index (κ2) is 6.02. The molecule has 0 bridgehead atoms. The van der Waals surface area contributed by atoms with Gasteiger partial charge in [-0.1, -0.05) is 24.6 Å². The summed E-state index contributed by atoms with van der Waals surface area (Å²) in [4.78, 5) is 13.5. The number of aromatic nitrogens is 1. The van der Waals surface area contributed by atoms with Crippen LogP contribution in [0.4, 0.5) is 0 Å². The highest BCUT2D eigenvalue weighted by atomic mass is 32.1. The minimum Gasteiger partial charge on any atom is -0.361 e. The van der Waals surface area contributed by atoms with Crippen molar-refractivity contribution in [1.29, 1.82) is 0 Å². The van der Waals surface area contributed by atoms with E-state index in [1.165, 1.54) is 4.88 Å². The van der Waals surface area contributed by atoms with Gasteiger partial charge in [-0.2, -0.15) is 0 Å². The van der Waals surface area contributed by atoms with E-state index >= 15 is 0 Å². The van der Waals surface area contributed by atoms with Crippen molar-refractivity contribution >= 4 is 17.2 Å². The predicted octanol–water partition coefficient (Wildman–Crippen LogP) is 3.62. The van der Waals surface area contributed by atoms with Gasteiger partial charge < -0.3 is 9.84 Å². The van der Waals surface area contributed by atoms with Gasteiger partial charge in [-0.05, 0) is 31.7 Å². The number of amides is 1. The lowest BCUT2D eigenvalue weighted by Gasteiger charge is -2.16. The first-order chi connectivity index (χ1) is 9.13. The average molecular weight is 278 g/mol. The second-order valence-corrected chi connectivity index (χ2v) is 5.51. The lowest BCUT2D eigenvalue weighted by Crippen LogP contribution is -2.28. The molecule has 2 rings (SSSR count). The van der Waals surface area contributed by atoms with Gasteiger partial charge in [-0.15, -0.1) is 11.3 Å². The maximum Gasteiger partial charge on any atom is 0.257 e. The van der Waals surface area contributed by atoms with E-state index < -0.39 is 0 Å². The quantitative estimate of drug-likeness (QED) is 0.908. The molecule has 2 aromatic rings. The standard InChI is InChI=1S/C14H18N2O2S/c1-4-6-11(12-7-5-8-19-12)15-14(17)13-9(2)16-18-10(13)3/h5,7-8,11H,4,6H2,1-3H3,(H,15,17). The number of thiophene rings is 1. The molecule has 1 unspecified atom stereocenters. The number of carbonyl (C=O) groups excluding carboxylic acids is 1. The molecule has 4 nitrogen and oxygen atoms in total. The molecular weight excluding hydrogens is 260 g/mol. The van der Waals surface area contributed by atoms with Crippen LogP contribution in [0.5, 0.6) is 0 Å². The summed E-state index contributed by atoms with van der Waals surface area (Å²) in [6.45, 7) is 5.66.